The van der Waals surface area contributed by atoms with E-state index in [1.54, 1.807) is 0 Å². The first-order valence-corrected chi connectivity index (χ1v) is 6.29. The van der Waals surface area contributed by atoms with Crippen molar-refractivity contribution in [3.05, 3.63) is 47.2 Å². The molecular weight excluding hydrogens is 302 g/mol. The van der Waals surface area contributed by atoms with Crippen LogP contribution in [0, 0.1) is 0 Å². The molecule has 0 aliphatic heterocycles. The largest absolute Gasteiger partial charge is 0.472 e. The summed E-state index contributed by atoms with van der Waals surface area (Å²) in [5.41, 5.74) is -0.156. The Morgan fingerprint density at radius 1 is 1.43 bits per heavy atom. The van der Waals surface area contributed by atoms with Crippen molar-refractivity contribution in [2.45, 2.75) is 13.0 Å². The molecule has 5 nitrogen and oxygen atoms in total. The highest BCUT2D eigenvalue weighted by molar-refractivity contribution is 7.78. The summed E-state index contributed by atoms with van der Waals surface area (Å²) in [6.45, 7) is -0.226. The molecule has 0 radical (unpaired) electrons. The second kappa shape index (κ2) is 6.57. The lowest BCUT2D eigenvalue weighted by atomic mass is 10.0. The fourth-order valence-electron chi connectivity index (χ4n) is 1.79. The summed E-state index contributed by atoms with van der Waals surface area (Å²) in [5.74, 6) is -0.485. The van der Waals surface area contributed by atoms with Gasteiger partial charge in [-0.3, -0.25) is 0 Å². The maximum absolute atomic E-state index is 13.1. The lowest BCUT2D eigenvalue weighted by Gasteiger charge is -2.13. The molecule has 0 aliphatic carbocycles. The standard InChI is InChI=1S/C13H12F2N2O3S/c1-19-13(18)9-4-2-3-8(12(14)15)10(9)7-20-11-5-6-17(21)16-11/h2-6,12,21H,7H2,1H3. The van der Waals surface area contributed by atoms with Crippen LogP contribution in [0.25, 0.3) is 0 Å². The molecule has 0 N–H and O–H groups in total. The Kier molecular flexibility index (Phi) is 4.79. The van der Waals surface area contributed by atoms with Crippen molar-refractivity contribution < 1.29 is 23.0 Å². The van der Waals surface area contributed by atoms with E-state index in [1.807, 2.05) is 0 Å². The second-order valence-corrected chi connectivity index (χ2v) is 4.44. The Morgan fingerprint density at radius 3 is 2.76 bits per heavy atom. The van der Waals surface area contributed by atoms with Crippen molar-refractivity contribution in [2.24, 2.45) is 0 Å². The molecule has 1 heterocycles. The van der Waals surface area contributed by atoms with Gasteiger partial charge in [-0.15, -0.1) is 5.10 Å². The second-order valence-electron chi connectivity index (χ2n) is 4.03. The Bertz CT molecular complexity index is 646. The van der Waals surface area contributed by atoms with Gasteiger partial charge in [0, 0.05) is 23.4 Å². The zero-order valence-corrected chi connectivity index (χ0v) is 11.9. The van der Waals surface area contributed by atoms with E-state index in [2.05, 4.69) is 22.7 Å². The summed E-state index contributed by atoms with van der Waals surface area (Å²) in [4.78, 5) is 11.7. The molecule has 1 aromatic carbocycles. The van der Waals surface area contributed by atoms with E-state index in [4.69, 9.17) is 4.74 Å². The van der Waals surface area contributed by atoms with Crippen LogP contribution < -0.4 is 4.74 Å². The van der Waals surface area contributed by atoms with Gasteiger partial charge in [0.05, 0.1) is 12.7 Å². The van der Waals surface area contributed by atoms with Gasteiger partial charge in [-0.25, -0.2) is 17.7 Å². The molecule has 0 saturated carbocycles. The third kappa shape index (κ3) is 3.52. The number of hydrogen-bond acceptors (Lipinski definition) is 5. The van der Waals surface area contributed by atoms with E-state index >= 15 is 0 Å². The number of thiol groups is 1. The van der Waals surface area contributed by atoms with Crippen molar-refractivity contribution >= 4 is 18.8 Å². The van der Waals surface area contributed by atoms with Crippen LogP contribution in [0.4, 0.5) is 8.78 Å². The van der Waals surface area contributed by atoms with Crippen LogP contribution >= 0.6 is 12.8 Å². The highest BCUT2D eigenvalue weighted by Crippen LogP contribution is 2.27. The molecule has 21 heavy (non-hydrogen) atoms. The molecule has 0 unspecified atom stereocenters. The number of ether oxygens (including phenoxy) is 2. The van der Waals surface area contributed by atoms with E-state index < -0.39 is 12.4 Å². The van der Waals surface area contributed by atoms with E-state index in [9.17, 15) is 13.6 Å². The van der Waals surface area contributed by atoms with Gasteiger partial charge in [0.2, 0.25) is 5.88 Å². The molecule has 0 bridgehead atoms. The molecule has 2 rings (SSSR count). The molecular formula is C13H12F2N2O3S. The SMILES string of the molecule is COC(=O)c1cccc(C(F)F)c1COc1ccn(S)n1. The number of halogens is 2. The van der Waals surface area contributed by atoms with Crippen LogP contribution in [0.15, 0.2) is 30.5 Å². The monoisotopic (exact) mass is 314 g/mol. The predicted octanol–water partition coefficient (Wildman–Crippen LogP) is 2.88. The van der Waals surface area contributed by atoms with Gasteiger partial charge in [-0.05, 0) is 18.9 Å². The van der Waals surface area contributed by atoms with Gasteiger partial charge >= 0.3 is 5.97 Å². The van der Waals surface area contributed by atoms with Gasteiger partial charge in [0.25, 0.3) is 6.43 Å². The summed E-state index contributed by atoms with van der Waals surface area (Å²) >= 11 is 3.94. The minimum Gasteiger partial charge on any atom is -0.472 e. The molecule has 0 amide bonds. The van der Waals surface area contributed by atoms with Gasteiger partial charge < -0.3 is 9.47 Å². The fourth-order valence-corrected chi connectivity index (χ4v) is 1.95. The number of rotatable bonds is 5. The van der Waals surface area contributed by atoms with Crippen molar-refractivity contribution in [1.82, 2.24) is 9.19 Å². The first kappa shape index (κ1) is 15.3. The number of alkyl halides is 2. The molecule has 0 atom stereocenters. The Morgan fingerprint density at radius 2 is 2.19 bits per heavy atom. The maximum Gasteiger partial charge on any atom is 0.338 e. The molecule has 0 fully saturated rings. The minimum atomic E-state index is -2.73. The average Bonchev–Trinajstić information content (AvgIpc) is 2.89. The van der Waals surface area contributed by atoms with Crippen molar-refractivity contribution in [3.8, 4) is 5.88 Å². The molecule has 0 spiro atoms. The van der Waals surface area contributed by atoms with Crippen LogP contribution in [0.5, 0.6) is 5.88 Å². The molecule has 0 aliphatic rings. The van der Waals surface area contributed by atoms with Crippen LogP contribution in [-0.2, 0) is 11.3 Å². The number of methoxy groups -OCH3 is 1. The highest BCUT2D eigenvalue weighted by atomic mass is 32.1. The number of aromatic nitrogens is 2. The number of carbonyl (C=O) groups is 1. The van der Waals surface area contributed by atoms with E-state index in [1.165, 1.54) is 41.7 Å². The lowest BCUT2D eigenvalue weighted by molar-refractivity contribution is 0.0596. The Hall–Kier alpha value is -2.09. The molecule has 112 valence electrons. The van der Waals surface area contributed by atoms with Crippen molar-refractivity contribution in [3.63, 3.8) is 0 Å². The van der Waals surface area contributed by atoms with Crippen molar-refractivity contribution in [1.29, 1.82) is 0 Å². The first-order valence-electron chi connectivity index (χ1n) is 5.89. The molecule has 1 aromatic heterocycles. The third-order valence-corrected chi connectivity index (χ3v) is 2.99. The lowest BCUT2D eigenvalue weighted by Crippen LogP contribution is -2.11. The van der Waals surface area contributed by atoms with Gasteiger partial charge in [-0.2, -0.15) is 0 Å². The fraction of sp³-hybridized carbons (Fsp3) is 0.231. The highest BCUT2D eigenvalue weighted by Gasteiger charge is 2.21. The van der Waals surface area contributed by atoms with E-state index in [0.717, 1.165) is 0 Å². The van der Waals surface area contributed by atoms with Crippen molar-refractivity contribution in [2.75, 3.05) is 7.11 Å². The van der Waals surface area contributed by atoms with E-state index in [-0.39, 0.29) is 29.2 Å². The normalized spacial score (nSPS) is 10.7. The topological polar surface area (TPSA) is 53.4 Å². The summed E-state index contributed by atoms with van der Waals surface area (Å²) in [6.07, 6.45) is -1.20. The smallest absolute Gasteiger partial charge is 0.338 e. The quantitative estimate of drug-likeness (QED) is 0.681. The van der Waals surface area contributed by atoms with Crippen LogP contribution in [-0.4, -0.2) is 22.3 Å². The number of hydrogen-bond donors (Lipinski definition) is 1. The van der Waals surface area contributed by atoms with Gasteiger partial charge in [-0.1, -0.05) is 12.1 Å². The summed E-state index contributed by atoms with van der Waals surface area (Å²) in [6, 6.07) is 5.55. The van der Waals surface area contributed by atoms with Crippen LogP contribution in [0.2, 0.25) is 0 Å². The molecule has 2 aromatic rings. The van der Waals surface area contributed by atoms with Crippen LogP contribution in [0.3, 0.4) is 0 Å². The minimum absolute atomic E-state index is 0.0422. The number of carbonyl (C=O) groups excluding carboxylic acids is 1. The molecule has 0 saturated heterocycles. The van der Waals surface area contributed by atoms with Gasteiger partial charge in [0.15, 0.2) is 0 Å². The molecule has 8 heteroatoms. The summed E-state index contributed by atoms with van der Waals surface area (Å²) in [7, 11) is 1.19. The number of esters is 1. The number of nitrogens with zero attached hydrogens (tertiary/aromatic N) is 2. The van der Waals surface area contributed by atoms with Crippen LogP contribution in [0.1, 0.15) is 27.9 Å². The van der Waals surface area contributed by atoms with E-state index in [0.29, 0.717) is 0 Å². The third-order valence-electron chi connectivity index (χ3n) is 2.77. The maximum atomic E-state index is 13.1. The Balaban J connectivity index is 2.32. The zero-order valence-electron chi connectivity index (χ0n) is 11.0. The summed E-state index contributed by atoms with van der Waals surface area (Å²) in [5, 5.41) is 3.85. The van der Waals surface area contributed by atoms with Gasteiger partial charge in [0.1, 0.15) is 6.61 Å². The average molecular weight is 314 g/mol. The zero-order chi connectivity index (χ0) is 15.4. The summed E-state index contributed by atoms with van der Waals surface area (Å²) < 4.78 is 37.3. The Labute approximate surface area is 125 Å². The first-order chi connectivity index (χ1) is 10.0. The predicted molar refractivity (Wildman–Crippen MR) is 73.7 cm³/mol. The number of benzene rings is 1.